The highest BCUT2D eigenvalue weighted by Crippen LogP contribution is 2.70. The molecule has 2 aliphatic carbocycles. The number of methoxy groups -OCH3 is 1. The number of ether oxygens (including phenoxy) is 3. The van der Waals surface area contributed by atoms with Crippen LogP contribution in [0.5, 0.6) is 5.75 Å². The number of para-hydroxylation sites is 1. The maximum atomic E-state index is 12.7. The van der Waals surface area contributed by atoms with Gasteiger partial charge in [0.1, 0.15) is 23.4 Å². The molecule has 2 N–H and O–H groups in total. The molecule has 2 aliphatic heterocycles. The van der Waals surface area contributed by atoms with Crippen LogP contribution < -0.4 is 10.1 Å². The number of quaternary nitrogens is 1. The maximum absolute atomic E-state index is 12.7. The molecule has 5 nitrogen and oxygen atoms in total. The Bertz CT molecular complexity index is 797. The van der Waals surface area contributed by atoms with Gasteiger partial charge in [0.15, 0.2) is 0 Å². The highest BCUT2D eigenvalue weighted by molar-refractivity contribution is 5.76. The van der Waals surface area contributed by atoms with Crippen LogP contribution >= 0.6 is 0 Å². The summed E-state index contributed by atoms with van der Waals surface area (Å²) < 4.78 is 17.9. The first kappa shape index (κ1) is 19.4. The third-order valence-electron chi connectivity index (χ3n) is 8.42. The van der Waals surface area contributed by atoms with Crippen molar-refractivity contribution >= 4 is 5.97 Å². The first-order valence-corrected chi connectivity index (χ1v) is 11.3. The number of hydrogen-bond donors (Lipinski definition) is 1. The summed E-state index contributed by atoms with van der Waals surface area (Å²) in [5, 5.41) is 2.27. The maximum Gasteiger partial charge on any atom is 0.315 e. The van der Waals surface area contributed by atoms with Gasteiger partial charge in [-0.2, -0.15) is 0 Å². The number of carbonyl (C=O) groups is 1. The topological polar surface area (TPSA) is 64.7 Å². The minimum atomic E-state index is -0.0410. The molecule has 4 fully saturated rings. The number of nitrogens with two attached hydrogens (primary N) is 1. The molecule has 2 saturated carbocycles. The van der Waals surface area contributed by atoms with E-state index in [4.69, 9.17) is 14.2 Å². The third-order valence-corrected chi connectivity index (χ3v) is 8.42. The molecule has 1 aromatic carbocycles. The summed E-state index contributed by atoms with van der Waals surface area (Å²) in [5.41, 5.74) is 1.38. The van der Waals surface area contributed by atoms with E-state index in [0.29, 0.717) is 5.92 Å². The van der Waals surface area contributed by atoms with E-state index in [1.807, 2.05) is 18.2 Å². The van der Waals surface area contributed by atoms with E-state index in [1.165, 1.54) is 24.8 Å². The molecule has 0 amide bonds. The van der Waals surface area contributed by atoms with Gasteiger partial charge in [0.2, 0.25) is 0 Å². The van der Waals surface area contributed by atoms with Gasteiger partial charge in [-0.15, -0.1) is 0 Å². The normalized spacial score (nSPS) is 42.4. The van der Waals surface area contributed by atoms with Crippen LogP contribution in [0.1, 0.15) is 45.1 Å². The summed E-state index contributed by atoms with van der Waals surface area (Å²) in [6, 6.07) is 8.16. The minimum Gasteiger partial charge on any atom is -0.496 e. The van der Waals surface area contributed by atoms with Crippen LogP contribution in [0.25, 0.3) is 0 Å². The number of hydrogen-bond acceptors (Lipinski definition) is 4. The molecular weight excluding hydrogens is 366 g/mol. The largest absolute Gasteiger partial charge is 0.496 e. The summed E-state index contributed by atoms with van der Waals surface area (Å²) in [4.78, 5) is 12.7. The Hall–Kier alpha value is -1.59. The lowest BCUT2D eigenvalue weighted by Crippen LogP contribution is -2.86. The second-order valence-electron chi connectivity index (χ2n) is 9.92. The predicted molar refractivity (Wildman–Crippen MR) is 109 cm³/mol. The van der Waals surface area contributed by atoms with Crippen LogP contribution in [-0.2, 0) is 20.7 Å². The molecule has 0 radical (unpaired) electrons. The van der Waals surface area contributed by atoms with E-state index in [-0.39, 0.29) is 41.0 Å². The number of esters is 1. The van der Waals surface area contributed by atoms with Crippen molar-refractivity contribution in [1.82, 2.24) is 0 Å². The van der Waals surface area contributed by atoms with E-state index in [0.717, 1.165) is 31.7 Å². The van der Waals surface area contributed by atoms with Gasteiger partial charge < -0.3 is 19.5 Å². The van der Waals surface area contributed by atoms with Gasteiger partial charge in [0, 0.05) is 17.8 Å². The van der Waals surface area contributed by atoms with E-state index >= 15 is 0 Å². The van der Waals surface area contributed by atoms with Gasteiger partial charge >= 0.3 is 5.97 Å². The fourth-order valence-corrected chi connectivity index (χ4v) is 6.96. The third kappa shape index (κ3) is 2.84. The molecule has 4 aliphatic rings. The molecule has 29 heavy (non-hydrogen) atoms. The van der Waals surface area contributed by atoms with Gasteiger partial charge in [-0.1, -0.05) is 38.5 Å². The fourth-order valence-electron chi connectivity index (χ4n) is 6.96. The molecule has 158 valence electrons. The zero-order chi connectivity index (χ0) is 20.2. The summed E-state index contributed by atoms with van der Waals surface area (Å²) in [7, 11) is 1.71. The standard InChI is InChI=1S/C24H33NO4/c1-15-7-6-11-23(2)13-19-20(21-24(15,23)29-21)17(22(26)28-19)14-25-12-10-16-8-4-5-9-18(16)27-3/h4-5,8-9,15,17,19-21,25H,6-7,10-14H2,1-3H3/p+1/t15-,17+,19+,20+,21+,23+,24+/m0/s1. The summed E-state index contributed by atoms with van der Waals surface area (Å²) in [5.74, 6) is 1.71. The lowest BCUT2D eigenvalue weighted by molar-refractivity contribution is -0.658. The van der Waals surface area contributed by atoms with Crippen LogP contribution in [0, 0.1) is 23.2 Å². The van der Waals surface area contributed by atoms with Gasteiger partial charge in [0.05, 0.1) is 26.3 Å². The Balaban J connectivity index is 1.24. The van der Waals surface area contributed by atoms with E-state index in [1.54, 1.807) is 7.11 Å². The summed E-state index contributed by atoms with van der Waals surface area (Å²) in [6.07, 6.45) is 5.87. The van der Waals surface area contributed by atoms with Crippen molar-refractivity contribution in [3.8, 4) is 5.75 Å². The van der Waals surface area contributed by atoms with Crippen LogP contribution in [0.3, 0.4) is 0 Å². The number of rotatable bonds is 6. The first-order valence-electron chi connectivity index (χ1n) is 11.3. The van der Waals surface area contributed by atoms with Gasteiger partial charge in [0.25, 0.3) is 0 Å². The number of benzene rings is 1. The zero-order valence-electron chi connectivity index (χ0n) is 17.9. The smallest absolute Gasteiger partial charge is 0.315 e. The minimum absolute atomic E-state index is 0.00392. The molecule has 2 heterocycles. The van der Waals surface area contributed by atoms with Crippen LogP contribution in [0.15, 0.2) is 24.3 Å². The van der Waals surface area contributed by atoms with Crippen molar-refractivity contribution in [3.63, 3.8) is 0 Å². The predicted octanol–water partition coefficient (Wildman–Crippen LogP) is 2.33. The molecule has 5 heteroatoms. The van der Waals surface area contributed by atoms with Crippen molar-refractivity contribution in [2.24, 2.45) is 23.2 Å². The first-order chi connectivity index (χ1) is 14.0. The fraction of sp³-hybridized carbons (Fsp3) is 0.708. The van der Waals surface area contributed by atoms with Crippen molar-refractivity contribution < 1.29 is 24.3 Å². The van der Waals surface area contributed by atoms with Crippen molar-refractivity contribution in [1.29, 1.82) is 0 Å². The molecule has 5 rings (SSSR count). The van der Waals surface area contributed by atoms with Crippen molar-refractivity contribution in [3.05, 3.63) is 29.8 Å². The van der Waals surface area contributed by atoms with Gasteiger partial charge in [-0.05, 0) is 36.8 Å². The molecule has 1 aromatic rings. The molecule has 1 spiro atoms. The second kappa shape index (κ2) is 6.98. The molecule has 0 unspecified atom stereocenters. The highest BCUT2D eigenvalue weighted by atomic mass is 16.6. The monoisotopic (exact) mass is 400 g/mol. The van der Waals surface area contributed by atoms with Crippen LogP contribution in [0.2, 0.25) is 0 Å². The highest BCUT2D eigenvalue weighted by Gasteiger charge is 2.78. The average Bonchev–Trinajstić information content (AvgIpc) is 3.39. The van der Waals surface area contributed by atoms with Crippen LogP contribution in [0.4, 0.5) is 0 Å². The second-order valence-corrected chi connectivity index (χ2v) is 9.92. The average molecular weight is 401 g/mol. The molecule has 7 atom stereocenters. The Labute approximate surface area is 173 Å². The molecule has 0 bridgehead atoms. The lowest BCUT2D eigenvalue weighted by Gasteiger charge is -2.48. The van der Waals surface area contributed by atoms with E-state index in [9.17, 15) is 4.79 Å². The quantitative estimate of drug-likeness (QED) is 0.452. The SMILES string of the molecule is COc1ccccc1CC[NH2+]C[C@H]1C(=O)O[C@@H]2C[C@@]3(C)CCC[C@H](C)[C@]34O[C@@H]4[C@@H]21. The summed E-state index contributed by atoms with van der Waals surface area (Å²) in [6.45, 7) is 6.45. The van der Waals surface area contributed by atoms with Gasteiger partial charge in [-0.25, -0.2) is 0 Å². The van der Waals surface area contributed by atoms with Gasteiger partial charge in [-0.3, -0.25) is 4.79 Å². The zero-order valence-corrected chi connectivity index (χ0v) is 17.9. The summed E-state index contributed by atoms with van der Waals surface area (Å²) >= 11 is 0. The van der Waals surface area contributed by atoms with E-state index in [2.05, 4.69) is 25.2 Å². The molecular formula is C24H34NO4+. The molecule has 0 aromatic heterocycles. The number of epoxide rings is 1. The van der Waals surface area contributed by atoms with Crippen LogP contribution in [-0.4, -0.2) is 44.0 Å². The van der Waals surface area contributed by atoms with Crippen molar-refractivity contribution in [2.75, 3.05) is 20.2 Å². The Morgan fingerprint density at radius 3 is 2.97 bits per heavy atom. The van der Waals surface area contributed by atoms with Crippen molar-refractivity contribution in [2.45, 2.75) is 63.8 Å². The number of carbonyl (C=O) groups excluding carboxylic acids is 1. The Morgan fingerprint density at radius 2 is 2.14 bits per heavy atom. The Morgan fingerprint density at radius 1 is 1.31 bits per heavy atom. The van der Waals surface area contributed by atoms with E-state index < -0.39 is 0 Å². The lowest BCUT2D eigenvalue weighted by atomic mass is 9.53. The number of fused-ring (bicyclic) bond motifs is 2. The Kier molecular flexibility index (Phi) is 4.67. The molecule has 2 saturated heterocycles.